The number of hydrogen-bond donors (Lipinski definition) is 1. The van der Waals surface area contributed by atoms with E-state index in [2.05, 4.69) is 14.8 Å². The van der Waals surface area contributed by atoms with Crippen molar-refractivity contribution in [1.82, 2.24) is 9.38 Å². The first kappa shape index (κ1) is 11.3. The van der Waals surface area contributed by atoms with E-state index < -0.39 is 0 Å². The van der Waals surface area contributed by atoms with Crippen LogP contribution in [0, 0.1) is 0 Å². The van der Waals surface area contributed by atoms with Gasteiger partial charge < -0.3 is 5.73 Å². The van der Waals surface area contributed by atoms with Gasteiger partial charge in [0.2, 0.25) is 0 Å². The van der Waals surface area contributed by atoms with Gasteiger partial charge in [-0.05, 0) is 18.7 Å². The van der Waals surface area contributed by atoms with Crippen molar-refractivity contribution in [2.24, 2.45) is 5.73 Å². The molecule has 3 rings (SSSR count). The standard InChI is InChI=1S/C11H9Cl2N3S/c12-7-3-9-10(4-8(7)13)16-6(1-2-14)5-17-11(16)15-9/h3-5H,1-2,14H2. The number of nitrogens with two attached hydrogens (primary N) is 1. The van der Waals surface area contributed by atoms with Crippen molar-refractivity contribution in [3.8, 4) is 0 Å². The van der Waals surface area contributed by atoms with Crippen LogP contribution in [0.4, 0.5) is 0 Å². The zero-order chi connectivity index (χ0) is 12.0. The normalized spacial score (nSPS) is 11.7. The molecule has 2 aromatic heterocycles. The maximum absolute atomic E-state index is 6.05. The molecule has 0 aliphatic rings. The van der Waals surface area contributed by atoms with Crippen LogP contribution in [0.3, 0.4) is 0 Å². The van der Waals surface area contributed by atoms with Gasteiger partial charge in [0, 0.05) is 17.5 Å². The molecule has 0 unspecified atom stereocenters. The summed E-state index contributed by atoms with van der Waals surface area (Å²) < 4.78 is 2.09. The van der Waals surface area contributed by atoms with Gasteiger partial charge >= 0.3 is 0 Å². The Balaban J connectivity index is 2.38. The first-order valence-electron chi connectivity index (χ1n) is 5.14. The Kier molecular flexibility index (Phi) is 2.75. The minimum Gasteiger partial charge on any atom is -0.330 e. The number of benzene rings is 1. The molecule has 2 heterocycles. The third-order valence-electron chi connectivity index (χ3n) is 2.65. The first-order valence-corrected chi connectivity index (χ1v) is 6.78. The lowest BCUT2D eigenvalue weighted by atomic mass is 10.3. The van der Waals surface area contributed by atoms with Gasteiger partial charge in [-0.3, -0.25) is 4.40 Å². The number of imidazole rings is 1. The second kappa shape index (κ2) is 4.14. The van der Waals surface area contributed by atoms with E-state index in [1.165, 1.54) is 0 Å². The highest BCUT2D eigenvalue weighted by molar-refractivity contribution is 7.15. The zero-order valence-corrected chi connectivity index (χ0v) is 11.1. The van der Waals surface area contributed by atoms with Crippen molar-refractivity contribution in [3.05, 3.63) is 33.3 Å². The molecule has 17 heavy (non-hydrogen) atoms. The quantitative estimate of drug-likeness (QED) is 0.785. The second-order valence-corrected chi connectivity index (χ2v) is 5.40. The van der Waals surface area contributed by atoms with E-state index in [-0.39, 0.29) is 0 Å². The molecule has 0 saturated heterocycles. The van der Waals surface area contributed by atoms with Crippen molar-refractivity contribution in [2.45, 2.75) is 6.42 Å². The lowest BCUT2D eigenvalue weighted by Gasteiger charge is -1.99. The summed E-state index contributed by atoms with van der Waals surface area (Å²) in [7, 11) is 0. The Morgan fingerprint density at radius 3 is 2.82 bits per heavy atom. The number of aromatic nitrogens is 2. The lowest BCUT2D eigenvalue weighted by molar-refractivity contribution is 0.918. The summed E-state index contributed by atoms with van der Waals surface area (Å²) in [6.45, 7) is 0.618. The molecule has 88 valence electrons. The minimum atomic E-state index is 0.533. The molecule has 0 aliphatic carbocycles. The molecular formula is C11H9Cl2N3S. The molecule has 0 amide bonds. The van der Waals surface area contributed by atoms with Crippen molar-refractivity contribution >= 4 is 50.5 Å². The summed E-state index contributed by atoms with van der Waals surface area (Å²) in [5.41, 5.74) is 8.61. The molecule has 3 nitrogen and oxygen atoms in total. The van der Waals surface area contributed by atoms with Crippen LogP contribution in [-0.2, 0) is 6.42 Å². The summed E-state index contributed by atoms with van der Waals surface area (Å²) in [6.07, 6.45) is 0.825. The van der Waals surface area contributed by atoms with Gasteiger partial charge in [0.05, 0.1) is 21.1 Å². The van der Waals surface area contributed by atoms with E-state index >= 15 is 0 Å². The van der Waals surface area contributed by atoms with Crippen LogP contribution in [0.5, 0.6) is 0 Å². The van der Waals surface area contributed by atoms with Crippen molar-refractivity contribution in [2.75, 3.05) is 6.54 Å². The Morgan fingerprint density at radius 1 is 1.29 bits per heavy atom. The summed E-state index contributed by atoms with van der Waals surface area (Å²) in [4.78, 5) is 5.46. The number of thiazole rings is 1. The van der Waals surface area contributed by atoms with Gasteiger partial charge in [0.25, 0.3) is 0 Å². The van der Waals surface area contributed by atoms with Gasteiger partial charge in [-0.1, -0.05) is 23.2 Å². The summed E-state index contributed by atoms with van der Waals surface area (Å²) >= 11 is 13.6. The molecule has 0 saturated carbocycles. The van der Waals surface area contributed by atoms with Crippen LogP contribution in [0.15, 0.2) is 17.5 Å². The highest BCUT2D eigenvalue weighted by Gasteiger charge is 2.12. The summed E-state index contributed by atoms with van der Waals surface area (Å²) in [5.74, 6) is 0. The number of halogens is 2. The Labute approximate surface area is 112 Å². The van der Waals surface area contributed by atoms with Crippen LogP contribution < -0.4 is 5.73 Å². The largest absolute Gasteiger partial charge is 0.330 e. The second-order valence-electron chi connectivity index (χ2n) is 3.75. The van der Waals surface area contributed by atoms with E-state index in [4.69, 9.17) is 28.9 Å². The molecule has 6 heteroatoms. The first-order chi connectivity index (χ1) is 8.20. The number of fused-ring (bicyclic) bond motifs is 3. The molecule has 0 bridgehead atoms. The van der Waals surface area contributed by atoms with E-state index in [9.17, 15) is 0 Å². The molecule has 2 N–H and O–H groups in total. The van der Waals surface area contributed by atoms with Gasteiger partial charge in [-0.25, -0.2) is 4.98 Å². The molecule has 0 aliphatic heterocycles. The van der Waals surface area contributed by atoms with E-state index in [0.717, 1.165) is 28.1 Å². The predicted octanol–water partition coefficient (Wildman–Crippen LogP) is 3.36. The highest BCUT2D eigenvalue weighted by Crippen LogP contribution is 2.30. The average Bonchev–Trinajstić information content (AvgIpc) is 2.81. The van der Waals surface area contributed by atoms with Crippen molar-refractivity contribution in [3.63, 3.8) is 0 Å². The van der Waals surface area contributed by atoms with Crippen LogP contribution >= 0.6 is 34.5 Å². The predicted molar refractivity (Wildman–Crippen MR) is 73.4 cm³/mol. The van der Waals surface area contributed by atoms with Crippen molar-refractivity contribution < 1.29 is 0 Å². The Bertz CT molecular complexity index is 701. The molecular weight excluding hydrogens is 277 g/mol. The smallest absolute Gasteiger partial charge is 0.194 e. The van der Waals surface area contributed by atoms with E-state index in [0.29, 0.717) is 16.6 Å². The van der Waals surface area contributed by atoms with Crippen LogP contribution in [0.2, 0.25) is 10.0 Å². The summed E-state index contributed by atoms with van der Waals surface area (Å²) in [6, 6.07) is 3.65. The Morgan fingerprint density at radius 2 is 2.06 bits per heavy atom. The molecule has 0 spiro atoms. The van der Waals surface area contributed by atoms with Crippen LogP contribution in [-0.4, -0.2) is 15.9 Å². The molecule has 3 aromatic rings. The Hall–Kier alpha value is -0.810. The molecule has 1 aromatic carbocycles. The number of rotatable bonds is 2. The SMILES string of the molecule is NCCc1csc2nc3cc(Cl)c(Cl)cc3n12. The monoisotopic (exact) mass is 285 g/mol. The average molecular weight is 286 g/mol. The topological polar surface area (TPSA) is 43.3 Å². The minimum absolute atomic E-state index is 0.533. The van der Waals surface area contributed by atoms with Crippen LogP contribution in [0.25, 0.3) is 16.0 Å². The molecule has 0 fully saturated rings. The van der Waals surface area contributed by atoms with Crippen molar-refractivity contribution in [1.29, 1.82) is 0 Å². The fourth-order valence-corrected chi connectivity index (χ4v) is 3.15. The van der Waals surface area contributed by atoms with Gasteiger partial charge in [-0.15, -0.1) is 11.3 Å². The van der Waals surface area contributed by atoms with E-state index in [1.54, 1.807) is 17.4 Å². The molecule has 0 radical (unpaired) electrons. The lowest BCUT2D eigenvalue weighted by Crippen LogP contribution is -2.04. The van der Waals surface area contributed by atoms with Crippen LogP contribution in [0.1, 0.15) is 5.69 Å². The maximum Gasteiger partial charge on any atom is 0.194 e. The maximum atomic E-state index is 6.05. The summed E-state index contributed by atoms with van der Waals surface area (Å²) in [5, 5.41) is 3.16. The fourth-order valence-electron chi connectivity index (χ4n) is 1.90. The van der Waals surface area contributed by atoms with Gasteiger partial charge in [0.15, 0.2) is 4.96 Å². The fraction of sp³-hybridized carbons (Fsp3) is 0.182. The number of hydrogen-bond acceptors (Lipinski definition) is 3. The zero-order valence-electron chi connectivity index (χ0n) is 8.78. The number of nitrogens with zero attached hydrogens (tertiary/aromatic N) is 2. The van der Waals surface area contributed by atoms with Gasteiger partial charge in [-0.2, -0.15) is 0 Å². The third kappa shape index (κ3) is 1.72. The molecule has 0 atom stereocenters. The third-order valence-corrected chi connectivity index (χ3v) is 4.25. The van der Waals surface area contributed by atoms with Gasteiger partial charge in [0.1, 0.15) is 0 Å². The highest BCUT2D eigenvalue weighted by atomic mass is 35.5. The van der Waals surface area contributed by atoms with E-state index in [1.807, 2.05) is 6.07 Å².